The number of benzene rings is 8. The van der Waals surface area contributed by atoms with E-state index in [0.717, 1.165) is 26.9 Å². The van der Waals surface area contributed by atoms with Crippen LogP contribution in [-0.4, -0.2) is 31.4 Å². The largest absolute Gasteiger partial charge is 0.744 e. The van der Waals surface area contributed by atoms with Crippen LogP contribution in [0.15, 0.2) is 181 Å². The molecular formula is C41H29F3I2O6S2. The van der Waals surface area contributed by atoms with Gasteiger partial charge in [-0.2, -0.15) is 13.2 Å². The molecule has 0 heterocycles. The summed E-state index contributed by atoms with van der Waals surface area (Å²) in [5, 5.41) is 5.38. The Kier molecular flexibility index (Phi) is 14.0. The molecule has 0 radical (unpaired) electrons. The second kappa shape index (κ2) is 18.5. The standard InChI is InChI=1S/C16H10O3S.2C12H10I.CHF3O3S/c17-20(18,19)14-9-7-12-5-4-10-2-1-3-11-6-8-13(14)16(12)15(10)11;2*1-3-7-11(8-4-1)13-12-9-5-2-6-10-12;2-1(3,4)8(5,6)7/h1-9H,(H,17,18,19);2*1-10H;(H,5,6,7)/q;2*+1;/p-2. The molecule has 0 atom stereocenters. The van der Waals surface area contributed by atoms with E-state index in [1.54, 1.807) is 12.1 Å². The molecule has 8 rings (SSSR count). The second-order valence-corrected chi connectivity index (χ2v) is 19.9. The monoisotopic (exact) mass is 992 g/mol. The maximum absolute atomic E-state index is 11.4. The van der Waals surface area contributed by atoms with Gasteiger partial charge in [-0.25, -0.2) is 16.8 Å². The van der Waals surface area contributed by atoms with E-state index in [1.807, 2.05) is 36.4 Å². The first-order valence-corrected chi connectivity index (χ1v) is 23.0. The van der Waals surface area contributed by atoms with Gasteiger partial charge in [0.25, 0.3) is 0 Å². The van der Waals surface area contributed by atoms with Gasteiger partial charge in [0.15, 0.2) is 24.4 Å². The van der Waals surface area contributed by atoms with Crippen LogP contribution in [-0.2, 0) is 20.2 Å². The Labute approximate surface area is 332 Å². The van der Waals surface area contributed by atoms with Crippen LogP contribution in [0.5, 0.6) is 0 Å². The predicted molar refractivity (Wildman–Crippen MR) is 194 cm³/mol. The highest BCUT2D eigenvalue weighted by Crippen LogP contribution is 2.37. The SMILES string of the molecule is O=S(=O)([O-])C(F)(F)F.O=S(=O)([O-])c1ccc2ccc3cccc4ccc1c2c34.c1ccc([I+]c2ccccc2)cc1.c1ccc([I+]c2ccccc2)cc1. The van der Waals surface area contributed by atoms with Gasteiger partial charge in [-0.1, -0.05) is 121 Å². The lowest BCUT2D eigenvalue weighted by molar-refractivity contribution is -0.597. The van der Waals surface area contributed by atoms with Crippen molar-refractivity contribution < 1.29 is 81.5 Å². The van der Waals surface area contributed by atoms with Crippen molar-refractivity contribution in [2.24, 2.45) is 0 Å². The zero-order chi connectivity index (χ0) is 38.8. The zero-order valence-corrected chi connectivity index (χ0v) is 33.8. The van der Waals surface area contributed by atoms with Gasteiger partial charge in [-0.05, 0) is 81.5 Å². The lowest BCUT2D eigenvalue weighted by atomic mass is 9.94. The fraction of sp³-hybridized carbons (Fsp3) is 0.0244. The number of hydrogen-bond donors (Lipinski definition) is 0. The molecule has 0 bridgehead atoms. The van der Waals surface area contributed by atoms with Gasteiger partial charge in [0, 0.05) is 5.39 Å². The van der Waals surface area contributed by atoms with E-state index in [9.17, 15) is 26.1 Å². The first-order valence-electron chi connectivity index (χ1n) is 15.8. The molecule has 0 aliphatic heterocycles. The van der Waals surface area contributed by atoms with Gasteiger partial charge in [-0.3, -0.25) is 0 Å². The van der Waals surface area contributed by atoms with E-state index in [4.69, 9.17) is 13.0 Å². The van der Waals surface area contributed by atoms with Crippen LogP contribution < -0.4 is 42.4 Å². The van der Waals surface area contributed by atoms with Crippen LogP contribution >= 0.6 is 0 Å². The summed E-state index contributed by atoms with van der Waals surface area (Å²) in [4.78, 5) is -0.150. The van der Waals surface area contributed by atoms with Crippen molar-refractivity contribution in [2.45, 2.75) is 10.4 Å². The van der Waals surface area contributed by atoms with Gasteiger partial charge in [0.1, 0.15) is 10.1 Å². The first kappa shape index (κ1) is 41.0. The Morgan fingerprint density at radius 3 is 1.06 bits per heavy atom. The average molecular weight is 993 g/mol. The van der Waals surface area contributed by atoms with Crippen LogP contribution in [0.2, 0.25) is 0 Å². The normalized spacial score (nSPS) is 11.5. The maximum Gasteiger partial charge on any atom is 0.485 e. The minimum Gasteiger partial charge on any atom is -0.744 e. The molecule has 8 aromatic carbocycles. The predicted octanol–water partition coefficient (Wildman–Crippen LogP) is 3.17. The van der Waals surface area contributed by atoms with E-state index in [2.05, 4.69) is 121 Å². The van der Waals surface area contributed by atoms with Crippen molar-refractivity contribution >= 4 is 52.6 Å². The van der Waals surface area contributed by atoms with Crippen LogP contribution in [0, 0.1) is 14.3 Å². The molecule has 54 heavy (non-hydrogen) atoms. The van der Waals surface area contributed by atoms with E-state index >= 15 is 0 Å². The highest BCUT2D eigenvalue weighted by molar-refractivity contribution is 7.86. The molecule has 276 valence electrons. The molecule has 0 amide bonds. The number of hydrogen-bond acceptors (Lipinski definition) is 6. The Morgan fingerprint density at radius 2 is 0.722 bits per heavy atom. The van der Waals surface area contributed by atoms with Crippen molar-refractivity contribution in [3.05, 3.63) is 190 Å². The summed E-state index contributed by atoms with van der Waals surface area (Å²) in [6, 6.07) is 59.4. The fourth-order valence-corrected chi connectivity index (χ4v) is 10.3. The van der Waals surface area contributed by atoms with Gasteiger partial charge in [0.2, 0.25) is 0 Å². The summed E-state index contributed by atoms with van der Waals surface area (Å²) < 4.78 is 99.1. The molecular weight excluding hydrogens is 963 g/mol. The van der Waals surface area contributed by atoms with Gasteiger partial charge < -0.3 is 9.11 Å². The third-order valence-electron chi connectivity index (χ3n) is 7.41. The van der Waals surface area contributed by atoms with Crippen molar-refractivity contribution in [1.29, 1.82) is 0 Å². The highest BCUT2D eigenvalue weighted by Gasteiger charge is 2.37. The molecule has 8 aromatic rings. The van der Waals surface area contributed by atoms with Crippen molar-refractivity contribution in [3.63, 3.8) is 0 Å². The molecule has 0 N–H and O–H groups in total. The third-order valence-corrected chi connectivity index (χ3v) is 14.2. The van der Waals surface area contributed by atoms with Crippen molar-refractivity contribution in [3.8, 4) is 0 Å². The summed E-state index contributed by atoms with van der Waals surface area (Å²) in [5.74, 6) is 0. The van der Waals surface area contributed by atoms with E-state index in [1.165, 1.54) is 20.3 Å². The molecule has 13 heteroatoms. The average Bonchev–Trinajstić information content (AvgIpc) is 3.15. The molecule has 0 spiro atoms. The molecule has 0 aliphatic carbocycles. The highest BCUT2D eigenvalue weighted by atomic mass is 127. The third kappa shape index (κ3) is 11.4. The van der Waals surface area contributed by atoms with Gasteiger partial charge in [-0.15, -0.1) is 0 Å². The summed E-state index contributed by atoms with van der Waals surface area (Å²) in [6.45, 7) is 0. The topological polar surface area (TPSA) is 114 Å². The maximum atomic E-state index is 11.4. The molecule has 0 fully saturated rings. The number of rotatable bonds is 5. The van der Waals surface area contributed by atoms with Crippen molar-refractivity contribution in [2.75, 3.05) is 0 Å². The lowest BCUT2D eigenvalue weighted by Gasteiger charge is -2.15. The number of alkyl halides is 3. The zero-order valence-electron chi connectivity index (χ0n) is 27.9. The van der Waals surface area contributed by atoms with E-state index in [0.29, 0.717) is 5.39 Å². The smallest absolute Gasteiger partial charge is 0.485 e. The molecule has 0 unspecified atom stereocenters. The van der Waals surface area contributed by atoms with Gasteiger partial charge in [0.05, 0.1) is 4.90 Å². The van der Waals surface area contributed by atoms with Crippen molar-refractivity contribution in [1.82, 2.24) is 0 Å². The summed E-state index contributed by atoms with van der Waals surface area (Å²) in [6.07, 6.45) is 0. The molecule has 0 saturated heterocycles. The Balaban J connectivity index is 0.000000146. The first-order chi connectivity index (χ1) is 25.7. The van der Waals surface area contributed by atoms with Crippen LogP contribution in [0.3, 0.4) is 0 Å². The second-order valence-electron chi connectivity index (χ2n) is 11.1. The van der Waals surface area contributed by atoms with Crippen LogP contribution in [0.1, 0.15) is 0 Å². The minimum absolute atomic E-state index is 0.0287. The van der Waals surface area contributed by atoms with E-state index in [-0.39, 0.29) is 47.3 Å². The molecule has 6 nitrogen and oxygen atoms in total. The Morgan fingerprint density at radius 1 is 0.407 bits per heavy atom. The van der Waals surface area contributed by atoms with Crippen LogP contribution in [0.25, 0.3) is 32.3 Å². The van der Waals surface area contributed by atoms with E-state index < -0.39 is 25.7 Å². The number of halogens is 5. The molecule has 0 saturated carbocycles. The Hall–Kier alpha value is -4.13. The summed E-state index contributed by atoms with van der Waals surface area (Å²) >= 11 is 0.0574. The Bertz CT molecular complexity index is 2460. The quantitative estimate of drug-likeness (QED) is 0.114. The minimum atomic E-state index is -6.09. The summed E-state index contributed by atoms with van der Waals surface area (Å²) in [7, 11) is -10.6. The van der Waals surface area contributed by atoms with Gasteiger partial charge >= 0.3 is 47.9 Å². The lowest BCUT2D eigenvalue weighted by Crippen LogP contribution is -3.61. The molecule has 0 aliphatic rings. The fourth-order valence-electron chi connectivity index (χ4n) is 5.09. The molecule has 0 aromatic heterocycles. The summed E-state index contributed by atoms with van der Waals surface area (Å²) in [5.41, 5.74) is -5.65. The van der Waals surface area contributed by atoms with Crippen LogP contribution in [0.4, 0.5) is 13.2 Å².